The van der Waals surface area contributed by atoms with Gasteiger partial charge in [-0.3, -0.25) is 4.79 Å². The van der Waals surface area contributed by atoms with Gasteiger partial charge in [-0.05, 0) is 53.8 Å². The molecule has 0 fully saturated rings. The average molecular weight is 394 g/mol. The minimum atomic E-state index is -0.777. The second-order valence-corrected chi connectivity index (χ2v) is 6.52. The van der Waals surface area contributed by atoms with E-state index in [0.29, 0.717) is 36.2 Å². The zero-order chi connectivity index (χ0) is 21.2. The summed E-state index contributed by atoms with van der Waals surface area (Å²) >= 11 is 0. The average Bonchev–Trinajstić information content (AvgIpc) is 2.75. The van der Waals surface area contributed by atoms with Crippen molar-refractivity contribution < 1.29 is 19.0 Å². The molecule has 0 aromatic heterocycles. The van der Waals surface area contributed by atoms with Crippen LogP contribution in [-0.2, 0) is 4.79 Å². The molecule has 2 aromatic carbocycles. The molecule has 0 saturated carbocycles. The van der Waals surface area contributed by atoms with E-state index < -0.39 is 5.91 Å². The van der Waals surface area contributed by atoms with Crippen molar-refractivity contribution in [3.05, 3.63) is 59.2 Å². The molecule has 0 radical (unpaired) electrons. The van der Waals surface area contributed by atoms with Crippen LogP contribution in [0.2, 0.25) is 0 Å². The van der Waals surface area contributed by atoms with Gasteiger partial charge in [0.15, 0.2) is 11.5 Å². The molecule has 152 valence electrons. The van der Waals surface area contributed by atoms with Crippen LogP contribution < -0.4 is 19.9 Å². The molecule has 0 unspecified atom stereocenters. The molecule has 2 rings (SSSR count). The van der Waals surface area contributed by atoms with Crippen molar-refractivity contribution in [2.45, 2.75) is 26.2 Å². The molecular weight excluding hydrogens is 368 g/mol. The minimum absolute atomic E-state index is 0.131. The molecule has 0 spiro atoms. The van der Waals surface area contributed by atoms with Crippen molar-refractivity contribution in [1.82, 2.24) is 0 Å². The van der Waals surface area contributed by atoms with Crippen LogP contribution in [0.1, 0.15) is 37.3 Å². The summed E-state index contributed by atoms with van der Waals surface area (Å²) in [6, 6.07) is 15.0. The Balaban J connectivity index is 1.93. The van der Waals surface area contributed by atoms with Crippen molar-refractivity contribution >= 4 is 12.0 Å². The number of rotatable bonds is 10. The second kappa shape index (κ2) is 10.8. The van der Waals surface area contributed by atoms with Crippen molar-refractivity contribution in [2.75, 3.05) is 20.3 Å². The van der Waals surface area contributed by atoms with Crippen molar-refractivity contribution in [2.24, 2.45) is 5.73 Å². The van der Waals surface area contributed by atoms with Gasteiger partial charge in [0.25, 0.3) is 5.91 Å². The number of methoxy groups -OCH3 is 1. The number of carbonyl (C=O) groups excluding carboxylic acids is 1. The number of hydrogen-bond donors (Lipinski definition) is 1. The summed E-state index contributed by atoms with van der Waals surface area (Å²) in [6.45, 7) is 5.09. The van der Waals surface area contributed by atoms with Crippen LogP contribution in [0.25, 0.3) is 6.08 Å². The number of carbonyl (C=O) groups is 1. The third-order valence-corrected chi connectivity index (χ3v) is 4.56. The summed E-state index contributed by atoms with van der Waals surface area (Å²) in [4.78, 5) is 11.2. The topological polar surface area (TPSA) is 94.6 Å². The Kier molecular flexibility index (Phi) is 8.11. The Morgan fingerprint density at radius 2 is 1.83 bits per heavy atom. The maximum Gasteiger partial charge on any atom is 0.259 e. The molecule has 0 heterocycles. The first-order valence-corrected chi connectivity index (χ1v) is 9.43. The molecule has 0 aliphatic carbocycles. The second-order valence-electron chi connectivity index (χ2n) is 6.52. The van der Waals surface area contributed by atoms with Gasteiger partial charge in [0.1, 0.15) is 30.6 Å². The van der Waals surface area contributed by atoms with Crippen LogP contribution in [-0.4, -0.2) is 26.2 Å². The Morgan fingerprint density at radius 3 is 2.41 bits per heavy atom. The monoisotopic (exact) mass is 394 g/mol. The summed E-state index contributed by atoms with van der Waals surface area (Å²) in [5.41, 5.74) is 6.93. The van der Waals surface area contributed by atoms with Crippen LogP contribution in [0.15, 0.2) is 48.0 Å². The lowest BCUT2D eigenvalue weighted by atomic mass is 9.99. The molecule has 0 saturated heterocycles. The zero-order valence-electron chi connectivity index (χ0n) is 17.0. The first-order valence-electron chi connectivity index (χ1n) is 9.43. The van der Waals surface area contributed by atoms with Gasteiger partial charge in [-0.1, -0.05) is 32.0 Å². The zero-order valence-corrected chi connectivity index (χ0v) is 17.0. The van der Waals surface area contributed by atoms with Crippen molar-refractivity contribution in [1.29, 1.82) is 5.26 Å². The Bertz CT molecular complexity index is 898. The van der Waals surface area contributed by atoms with Gasteiger partial charge in [-0.15, -0.1) is 0 Å². The predicted molar refractivity (Wildman–Crippen MR) is 112 cm³/mol. The number of nitriles is 1. The summed E-state index contributed by atoms with van der Waals surface area (Å²) in [7, 11) is 1.52. The Labute approximate surface area is 171 Å². The summed E-state index contributed by atoms with van der Waals surface area (Å²) in [5.74, 6) is 1.57. The molecule has 6 nitrogen and oxygen atoms in total. The van der Waals surface area contributed by atoms with Crippen LogP contribution >= 0.6 is 0 Å². The van der Waals surface area contributed by atoms with E-state index in [4.69, 9.17) is 25.2 Å². The fraction of sp³-hybridized carbons (Fsp3) is 0.304. The first kappa shape index (κ1) is 21.8. The standard InChI is InChI=1S/C23H26N2O4/c1-4-16(2)18-6-8-20(9-7-18)28-11-12-29-21-10-5-17(14-22(21)27-3)13-19(15-24)23(25)26/h5-10,13-14,16H,4,11-12H2,1-3H3,(H2,25,26)/b19-13+/t16-/m0/s1. The summed E-state index contributed by atoms with van der Waals surface area (Å²) < 4.78 is 16.8. The van der Waals surface area contributed by atoms with E-state index in [1.165, 1.54) is 18.7 Å². The van der Waals surface area contributed by atoms with Gasteiger partial charge < -0.3 is 19.9 Å². The largest absolute Gasteiger partial charge is 0.493 e. The Morgan fingerprint density at radius 1 is 1.14 bits per heavy atom. The molecule has 2 N–H and O–H groups in total. The fourth-order valence-corrected chi connectivity index (χ4v) is 2.66. The molecule has 6 heteroatoms. The summed E-state index contributed by atoms with van der Waals surface area (Å²) in [5, 5.41) is 8.94. The third-order valence-electron chi connectivity index (χ3n) is 4.56. The lowest BCUT2D eigenvalue weighted by molar-refractivity contribution is -0.114. The normalized spacial score (nSPS) is 12.0. The number of ether oxygens (including phenoxy) is 3. The maximum absolute atomic E-state index is 11.2. The van der Waals surface area contributed by atoms with E-state index in [0.717, 1.165) is 12.2 Å². The van der Waals surface area contributed by atoms with Gasteiger partial charge in [0.05, 0.1) is 7.11 Å². The van der Waals surface area contributed by atoms with E-state index in [9.17, 15) is 4.79 Å². The quantitative estimate of drug-likeness (QED) is 0.372. The molecule has 1 amide bonds. The molecule has 29 heavy (non-hydrogen) atoms. The molecule has 0 bridgehead atoms. The van der Waals surface area contributed by atoms with Gasteiger partial charge >= 0.3 is 0 Å². The highest BCUT2D eigenvalue weighted by Crippen LogP contribution is 2.29. The van der Waals surface area contributed by atoms with Crippen LogP contribution in [0.3, 0.4) is 0 Å². The van der Waals surface area contributed by atoms with E-state index >= 15 is 0 Å². The first-order chi connectivity index (χ1) is 14.0. The number of nitrogens with two attached hydrogens (primary N) is 1. The van der Waals surface area contributed by atoms with Gasteiger partial charge in [0.2, 0.25) is 0 Å². The van der Waals surface area contributed by atoms with E-state index in [1.807, 2.05) is 12.1 Å². The lowest BCUT2D eigenvalue weighted by Gasteiger charge is -2.13. The van der Waals surface area contributed by atoms with Crippen LogP contribution in [0.4, 0.5) is 0 Å². The lowest BCUT2D eigenvalue weighted by Crippen LogP contribution is -2.12. The number of hydrogen-bond acceptors (Lipinski definition) is 5. The van der Waals surface area contributed by atoms with Crippen LogP contribution in [0, 0.1) is 11.3 Å². The van der Waals surface area contributed by atoms with Gasteiger partial charge in [0, 0.05) is 0 Å². The highest BCUT2D eigenvalue weighted by molar-refractivity contribution is 6.00. The van der Waals surface area contributed by atoms with Gasteiger partial charge in [-0.25, -0.2) is 0 Å². The number of nitrogens with zero attached hydrogens (tertiary/aromatic N) is 1. The highest BCUT2D eigenvalue weighted by atomic mass is 16.5. The summed E-state index contributed by atoms with van der Waals surface area (Å²) in [6.07, 6.45) is 2.51. The molecule has 1 atom stereocenters. The van der Waals surface area contributed by atoms with Crippen LogP contribution in [0.5, 0.6) is 17.2 Å². The molecule has 0 aliphatic heterocycles. The smallest absolute Gasteiger partial charge is 0.259 e. The van der Waals surface area contributed by atoms with Gasteiger partial charge in [-0.2, -0.15) is 5.26 Å². The van der Waals surface area contributed by atoms with Crippen molar-refractivity contribution in [3.63, 3.8) is 0 Å². The molecular formula is C23H26N2O4. The molecule has 2 aromatic rings. The number of primary amides is 1. The predicted octanol–water partition coefficient (Wildman–Crippen LogP) is 4.06. The molecule has 0 aliphatic rings. The fourth-order valence-electron chi connectivity index (χ4n) is 2.66. The van der Waals surface area contributed by atoms with E-state index in [1.54, 1.807) is 24.3 Å². The maximum atomic E-state index is 11.2. The number of benzene rings is 2. The SMILES string of the molecule is CC[C@H](C)c1ccc(OCCOc2ccc(/C=C(\C#N)C(N)=O)cc2OC)cc1. The highest BCUT2D eigenvalue weighted by Gasteiger charge is 2.08. The minimum Gasteiger partial charge on any atom is -0.493 e. The third kappa shape index (κ3) is 6.28. The van der Waals surface area contributed by atoms with E-state index in [2.05, 4.69) is 26.0 Å². The number of amides is 1. The Hall–Kier alpha value is -3.46. The van der Waals surface area contributed by atoms with E-state index in [-0.39, 0.29) is 5.57 Å². The van der Waals surface area contributed by atoms with Crippen molar-refractivity contribution in [3.8, 4) is 23.3 Å².